The Morgan fingerprint density at radius 3 is 2.96 bits per heavy atom. The van der Waals surface area contributed by atoms with E-state index in [9.17, 15) is 9.59 Å². The number of rotatable bonds is 3. The number of amides is 1. The van der Waals surface area contributed by atoms with Gasteiger partial charge in [-0.25, -0.2) is 9.50 Å². The molecule has 0 saturated carbocycles. The topological polar surface area (TPSA) is 79.7 Å². The molecule has 2 aliphatic rings. The van der Waals surface area contributed by atoms with Gasteiger partial charge in [-0.1, -0.05) is 6.92 Å². The number of fused-ring (bicyclic) bond motifs is 1. The number of aromatic nitrogens is 3. The van der Waals surface area contributed by atoms with Crippen molar-refractivity contribution < 1.29 is 9.53 Å². The van der Waals surface area contributed by atoms with E-state index in [2.05, 4.69) is 10.1 Å². The molecule has 2 atom stereocenters. The minimum atomic E-state index is -0.308. The SMILES string of the molecule is CCc1cc(=O)n2[nH]c([C@@H]3CCCCN3C(=O)[C@@H]3CCCO3)cc2n1. The number of nitrogens with one attached hydrogen (secondary N) is 1. The molecule has 7 nitrogen and oxygen atoms in total. The lowest BCUT2D eigenvalue weighted by Crippen LogP contribution is -2.44. The molecule has 1 N–H and O–H groups in total. The van der Waals surface area contributed by atoms with E-state index in [-0.39, 0.29) is 23.6 Å². The highest BCUT2D eigenvalue weighted by atomic mass is 16.5. The van der Waals surface area contributed by atoms with Gasteiger partial charge in [-0.05, 0) is 38.5 Å². The van der Waals surface area contributed by atoms with Gasteiger partial charge in [-0.15, -0.1) is 0 Å². The van der Waals surface area contributed by atoms with Crippen LogP contribution in [0.15, 0.2) is 16.9 Å². The fraction of sp³-hybridized carbons (Fsp3) is 0.611. The molecule has 0 spiro atoms. The summed E-state index contributed by atoms with van der Waals surface area (Å²) in [6, 6.07) is 3.42. The quantitative estimate of drug-likeness (QED) is 0.921. The van der Waals surface area contributed by atoms with Crippen LogP contribution in [0, 0.1) is 0 Å². The minimum absolute atomic E-state index is 0.0448. The summed E-state index contributed by atoms with van der Waals surface area (Å²) in [5.74, 6) is 0.0791. The average molecular weight is 344 g/mol. The second-order valence-electron chi connectivity index (χ2n) is 6.89. The molecule has 25 heavy (non-hydrogen) atoms. The van der Waals surface area contributed by atoms with Crippen molar-refractivity contribution in [3.8, 4) is 0 Å². The van der Waals surface area contributed by atoms with Crippen LogP contribution in [0.2, 0.25) is 0 Å². The van der Waals surface area contributed by atoms with Crippen molar-refractivity contribution in [2.75, 3.05) is 13.2 Å². The summed E-state index contributed by atoms with van der Waals surface area (Å²) in [5.41, 5.74) is 2.17. The van der Waals surface area contributed by atoms with Gasteiger partial charge in [0.2, 0.25) is 0 Å². The average Bonchev–Trinajstić information content (AvgIpc) is 3.31. The molecular formula is C18H24N4O3. The normalized spacial score (nSPS) is 24.1. The Morgan fingerprint density at radius 2 is 2.20 bits per heavy atom. The predicted octanol–water partition coefficient (Wildman–Crippen LogP) is 1.82. The van der Waals surface area contributed by atoms with E-state index in [1.807, 2.05) is 17.9 Å². The van der Waals surface area contributed by atoms with Crippen molar-refractivity contribution in [3.05, 3.63) is 33.9 Å². The molecule has 2 fully saturated rings. The maximum absolute atomic E-state index is 12.9. The Kier molecular flexibility index (Phi) is 4.33. The molecule has 4 heterocycles. The zero-order valence-electron chi connectivity index (χ0n) is 14.5. The van der Waals surface area contributed by atoms with Crippen molar-refractivity contribution in [1.82, 2.24) is 19.5 Å². The number of aromatic amines is 1. The number of hydrogen-bond acceptors (Lipinski definition) is 4. The minimum Gasteiger partial charge on any atom is -0.368 e. The first-order valence-electron chi connectivity index (χ1n) is 9.21. The number of hydrogen-bond donors (Lipinski definition) is 1. The van der Waals surface area contributed by atoms with Crippen LogP contribution in [0.25, 0.3) is 5.65 Å². The van der Waals surface area contributed by atoms with Gasteiger partial charge in [0.1, 0.15) is 6.10 Å². The van der Waals surface area contributed by atoms with Crippen LogP contribution in [0.5, 0.6) is 0 Å². The van der Waals surface area contributed by atoms with E-state index in [1.165, 1.54) is 4.52 Å². The summed E-state index contributed by atoms with van der Waals surface area (Å²) in [6.07, 6.45) is 5.12. The van der Waals surface area contributed by atoms with E-state index >= 15 is 0 Å². The molecule has 2 aliphatic heterocycles. The Bertz CT molecular complexity index is 834. The Balaban J connectivity index is 1.68. The molecule has 1 amide bonds. The van der Waals surface area contributed by atoms with Crippen molar-refractivity contribution in [3.63, 3.8) is 0 Å². The highest BCUT2D eigenvalue weighted by Gasteiger charge is 2.35. The van der Waals surface area contributed by atoms with E-state index in [4.69, 9.17) is 4.74 Å². The third kappa shape index (κ3) is 2.97. The lowest BCUT2D eigenvalue weighted by molar-refractivity contribution is -0.145. The number of aryl methyl sites for hydroxylation is 1. The Hall–Kier alpha value is -2.15. The lowest BCUT2D eigenvalue weighted by atomic mass is 9.98. The summed E-state index contributed by atoms with van der Waals surface area (Å²) in [4.78, 5) is 31.6. The molecule has 2 saturated heterocycles. The Morgan fingerprint density at radius 1 is 1.32 bits per heavy atom. The molecule has 0 aromatic carbocycles. The van der Waals surface area contributed by atoms with Crippen LogP contribution in [0.3, 0.4) is 0 Å². The zero-order valence-corrected chi connectivity index (χ0v) is 14.5. The molecule has 4 rings (SSSR count). The van der Waals surface area contributed by atoms with Crippen molar-refractivity contribution in [1.29, 1.82) is 0 Å². The van der Waals surface area contributed by atoms with Gasteiger partial charge < -0.3 is 9.64 Å². The summed E-state index contributed by atoms with van der Waals surface area (Å²) < 4.78 is 7.06. The van der Waals surface area contributed by atoms with Gasteiger partial charge >= 0.3 is 0 Å². The maximum atomic E-state index is 12.9. The lowest BCUT2D eigenvalue weighted by Gasteiger charge is -2.36. The molecular weight excluding hydrogens is 320 g/mol. The summed E-state index contributed by atoms with van der Waals surface area (Å²) in [6.45, 7) is 3.39. The van der Waals surface area contributed by atoms with Gasteiger partial charge in [-0.2, -0.15) is 0 Å². The van der Waals surface area contributed by atoms with E-state index in [0.29, 0.717) is 12.3 Å². The fourth-order valence-corrected chi connectivity index (χ4v) is 3.89. The zero-order chi connectivity index (χ0) is 17.4. The first-order valence-corrected chi connectivity index (χ1v) is 9.21. The third-order valence-corrected chi connectivity index (χ3v) is 5.24. The molecule has 0 radical (unpaired) electrons. The van der Waals surface area contributed by atoms with E-state index in [0.717, 1.165) is 56.5 Å². The number of piperidine rings is 1. The molecule has 0 unspecified atom stereocenters. The van der Waals surface area contributed by atoms with Crippen LogP contribution in [-0.4, -0.2) is 44.7 Å². The summed E-state index contributed by atoms with van der Waals surface area (Å²) >= 11 is 0. The smallest absolute Gasteiger partial charge is 0.272 e. The predicted molar refractivity (Wildman–Crippen MR) is 92.5 cm³/mol. The van der Waals surface area contributed by atoms with Crippen LogP contribution in [0.4, 0.5) is 0 Å². The summed E-state index contributed by atoms with van der Waals surface area (Å²) in [7, 11) is 0. The first kappa shape index (κ1) is 16.3. The van der Waals surface area contributed by atoms with Crippen molar-refractivity contribution >= 4 is 11.6 Å². The van der Waals surface area contributed by atoms with E-state index in [1.54, 1.807) is 6.07 Å². The number of ether oxygens (including phenoxy) is 1. The first-order chi connectivity index (χ1) is 12.2. The molecule has 134 valence electrons. The van der Waals surface area contributed by atoms with Gasteiger partial charge in [0.15, 0.2) is 5.65 Å². The van der Waals surface area contributed by atoms with Crippen molar-refractivity contribution in [2.24, 2.45) is 0 Å². The standard InChI is InChI=1S/C18H24N4O3/c1-2-12-10-17(23)22-16(19-12)11-13(20-22)14-6-3-4-8-21(14)18(24)15-7-5-9-25-15/h10-11,14-15,20H,2-9H2,1H3/t14-,15-/m0/s1. The number of H-pyrrole nitrogens is 1. The molecule has 7 heteroatoms. The highest BCUT2D eigenvalue weighted by molar-refractivity contribution is 5.81. The number of carbonyl (C=O) groups is 1. The van der Waals surface area contributed by atoms with Gasteiger partial charge in [0.05, 0.1) is 11.7 Å². The molecule has 0 bridgehead atoms. The third-order valence-electron chi connectivity index (χ3n) is 5.24. The number of likely N-dealkylation sites (tertiary alicyclic amines) is 1. The second-order valence-corrected chi connectivity index (χ2v) is 6.89. The summed E-state index contributed by atoms with van der Waals surface area (Å²) in [5, 5.41) is 3.17. The van der Waals surface area contributed by atoms with Crippen molar-refractivity contribution in [2.45, 2.75) is 57.6 Å². The van der Waals surface area contributed by atoms with Gasteiger partial charge in [0, 0.05) is 31.0 Å². The largest absolute Gasteiger partial charge is 0.368 e. The second kappa shape index (κ2) is 6.63. The van der Waals surface area contributed by atoms with E-state index < -0.39 is 0 Å². The van der Waals surface area contributed by atoms with Crippen LogP contribution >= 0.6 is 0 Å². The maximum Gasteiger partial charge on any atom is 0.272 e. The molecule has 0 aliphatic carbocycles. The van der Waals surface area contributed by atoms with Crippen LogP contribution < -0.4 is 5.56 Å². The number of nitrogens with zero attached hydrogens (tertiary/aromatic N) is 3. The highest BCUT2D eigenvalue weighted by Crippen LogP contribution is 2.32. The van der Waals surface area contributed by atoms with Crippen LogP contribution in [0.1, 0.15) is 56.5 Å². The molecule has 2 aromatic rings. The fourth-order valence-electron chi connectivity index (χ4n) is 3.89. The van der Waals surface area contributed by atoms with Gasteiger partial charge in [0.25, 0.3) is 11.5 Å². The molecule has 2 aromatic heterocycles. The number of carbonyl (C=O) groups excluding carboxylic acids is 1. The Labute approximate surface area is 146 Å². The van der Waals surface area contributed by atoms with Gasteiger partial charge in [-0.3, -0.25) is 14.7 Å². The monoisotopic (exact) mass is 344 g/mol. The van der Waals surface area contributed by atoms with Crippen LogP contribution in [-0.2, 0) is 16.0 Å².